The molecule has 0 aliphatic heterocycles. The largest absolute Gasteiger partial charge is 0.416 e. The Hall–Kier alpha value is -1.07. The second-order valence-corrected chi connectivity index (χ2v) is 5.62. The molecule has 1 aromatic carbocycles. The molecule has 1 atom stereocenters. The molecular weight excluding hydrogens is 279 g/mol. The van der Waals surface area contributed by atoms with E-state index in [4.69, 9.17) is 0 Å². The first-order chi connectivity index (χ1) is 9.67. The molecule has 120 valence electrons. The molecule has 0 radical (unpaired) electrons. The van der Waals surface area contributed by atoms with Gasteiger partial charge in [0.1, 0.15) is 0 Å². The first-order valence-corrected chi connectivity index (χ1v) is 7.19. The fraction of sp³-hybridized carbons (Fsp3) is 0.625. The summed E-state index contributed by atoms with van der Waals surface area (Å²) in [6, 6.07) is 5.19. The Morgan fingerprint density at radius 3 is 2.14 bits per heavy atom. The second kappa shape index (κ2) is 6.79. The van der Waals surface area contributed by atoms with E-state index in [1.165, 1.54) is 6.07 Å². The minimum atomic E-state index is -4.35. The Labute approximate surface area is 124 Å². The van der Waals surface area contributed by atoms with Gasteiger partial charge < -0.3 is 10.0 Å². The lowest BCUT2D eigenvalue weighted by molar-refractivity contribution is -0.137. The summed E-state index contributed by atoms with van der Waals surface area (Å²) < 4.78 is 38.2. The van der Waals surface area contributed by atoms with Gasteiger partial charge in [0.15, 0.2) is 0 Å². The van der Waals surface area contributed by atoms with E-state index in [2.05, 4.69) is 0 Å². The molecule has 0 heterocycles. The Kier molecular flexibility index (Phi) is 5.82. The van der Waals surface area contributed by atoms with Crippen molar-refractivity contribution in [1.82, 2.24) is 4.90 Å². The first-order valence-electron chi connectivity index (χ1n) is 7.19. The summed E-state index contributed by atoms with van der Waals surface area (Å²) in [6.07, 6.45) is -3.39. The summed E-state index contributed by atoms with van der Waals surface area (Å²) >= 11 is 0. The smallest absolute Gasteiger partial charge is 0.391 e. The number of likely N-dealkylation sites (N-methyl/N-ethyl adjacent to an activating group) is 1. The molecule has 5 heteroatoms. The maximum atomic E-state index is 12.7. The van der Waals surface area contributed by atoms with Crippen LogP contribution in [0.4, 0.5) is 13.2 Å². The van der Waals surface area contributed by atoms with Crippen LogP contribution in [0.3, 0.4) is 0 Å². The fourth-order valence-electron chi connectivity index (χ4n) is 2.94. The third-order valence-electron chi connectivity index (χ3n) is 4.42. The van der Waals surface area contributed by atoms with Gasteiger partial charge in [-0.25, -0.2) is 0 Å². The van der Waals surface area contributed by atoms with Crippen LogP contribution in [0.15, 0.2) is 24.3 Å². The van der Waals surface area contributed by atoms with E-state index in [1.807, 2.05) is 32.8 Å². The second-order valence-electron chi connectivity index (χ2n) is 5.62. The average Bonchev–Trinajstić information content (AvgIpc) is 2.39. The van der Waals surface area contributed by atoms with Gasteiger partial charge in [0.05, 0.1) is 11.7 Å². The summed E-state index contributed by atoms with van der Waals surface area (Å²) in [5.41, 5.74) is -0.588. The highest BCUT2D eigenvalue weighted by Crippen LogP contribution is 2.31. The SMILES string of the molecule is CCC(CC)(C(O)Cc1cccc(C(F)(F)F)c1)N(C)C. The third kappa shape index (κ3) is 3.98. The molecule has 0 aromatic heterocycles. The number of rotatable bonds is 6. The maximum absolute atomic E-state index is 12.7. The molecule has 1 rings (SSSR count). The number of benzene rings is 1. The minimum absolute atomic E-state index is 0.212. The van der Waals surface area contributed by atoms with E-state index in [-0.39, 0.29) is 6.42 Å². The normalized spacial score (nSPS) is 14.5. The molecule has 0 saturated carbocycles. The van der Waals surface area contributed by atoms with Crippen LogP contribution in [-0.2, 0) is 12.6 Å². The van der Waals surface area contributed by atoms with Gasteiger partial charge in [0, 0.05) is 12.0 Å². The molecule has 0 aliphatic rings. The lowest BCUT2D eigenvalue weighted by atomic mass is 9.82. The maximum Gasteiger partial charge on any atom is 0.416 e. The molecule has 1 unspecified atom stereocenters. The molecular formula is C16H24F3NO. The van der Waals surface area contributed by atoms with E-state index in [0.29, 0.717) is 5.56 Å². The summed E-state index contributed by atoms with van der Waals surface area (Å²) in [5.74, 6) is 0. The zero-order valence-corrected chi connectivity index (χ0v) is 13.0. The lowest BCUT2D eigenvalue weighted by Crippen LogP contribution is -2.53. The van der Waals surface area contributed by atoms with Crippen molar-refractivity contribution in [1.29, 1.82) is 0 Å². The molecule has 0 saturated heterocycles. The van der Waals surface area contributed by atoms with E-state index in [9.17, 15) is 18.3 Å². The Balaban J connectivity index is 3.00. The van der Waals surface area contributed by atoms with Crippen LogP contribution in [0.5, 0.6) is 0 Å². The van der Waals surface area contributed by atoms with Crippen molar-refractivity contribution in [2.75, 3.05) is 14.1 Å². The molecule has 0 spiro atoms. The van der Waals surface area contributed by atoms with Crippen molar-refractivity contribution in [3.8, 4) is 0 Å². The quantitative estimate of drug-likeness (QED) is 0.865. The Bertz CT molecular complexity index is 453. The molecule has 0 fully saturated rings. The van der Waals surface area contributed by atoms with Crippen LogP contribution < -0.4 is 0 Å². The number of aliphatic hydroxyl groups is 1. The monoisotopic (exact) mass is 303 g/mol. The topological polar surface area (TPSA) is 23.5 Å². The number of hydrogen-bond donors (Lipinski definition) is 1. The number of nitrogens with zero attached hydrogens (tertiary/aromatic N) is 1. The van der Waals surface area contributed by atoms with Crippen LogP contribution in [0.1, 0.15) is 37.8 Å². The van der Waals surface area contributed by atoms with Gasteiger partial charge in [-0.3, -0.25) is 0 Å². The van der Waals surface area contributed by atoms with Crippen molar-refractivity contribution in [2.45, 2.75) is 50.9 Å². The van der Waals surface area contributed by atoms with Crippen molar-refractivity contribution < 1.29 is 18.3 Å². The standard InChI is InChI=1S/C16H24F3NO/c1-5-15(6-2,20(3)4)14(21)11-12-8-7-9-13(10-12)16(17,18)19/h7-10,14,21H,5-6,11H2,1-4H3. The molecule has 0 amide bonds. The van der Waals surface area contributed by atoms with E-state index in [0.717, 1.165) is 25.0 Å². The summed E-state index contributed by atoms with van der Waals surface area (Å²) in [6.45, 7) is 3.97. The van der Waals surface area contributed by atoms with E-state index < -0.39 is 23.4 Å². The zero-order chi connectivity index (χ0) is 16.3. The van der Waals surface area contributed by atoms with E-state index >= 15 is 0 Å². The summed E-state index contributed by atoms with van der Waals surface area (Å²) in [5, 5.41) is 10.6. The van der Waals surface area contributed by atoms with Gasteiger partial charge >= 0.3 is 6.18 Å². The highest BCUT2D eigenvalue weighted by atomic mass is 19.4. The molecule has 1 aromatic rings. The van der Waals surface area contributed by atoms with Gasteiger partial charge in [0.25, 0.3) is 0 Å². The summed E-state index contributed by atoms with van der Waals surface area (Å²) in [7, 11) is 3.78. The number of halogens is 3. The Morgan fingerprint density at radius 2 is 1.71 bits per heavy atom. The van der Waals surface area contributed by atoms with Crippen LogP contribution in [-0.4, -0.2) is 35.7 Å². The molecule has 0 aliphatic carbocycles. The van der Waals surface area contributed by atoms with Crippen LogP contribution in [0, 0.1) is 0 Å². The predicted molar refractivity (Wildman–Crippen MR) is 78.2 cm³/mol. The molecule has 0 bridgehead atoms. The van der Waals surface area contributed by atoms with Gasteiger partial charge in [-0.15, -0.1) is 0 Å². The Morgan fingerprint density at radius 1 is 1.14 bits per heavy atom. The first kappa shape index (κ1) is 18.0. The zero-order valence-electron chi connectivity index (χ0n) is 13.0. The lowest BCUT2D eigenvalue weighted by Gasteiger charge is -2.42. The van der Waals surface area contributed by atoms with Gasteiger partial charge in [0.2, 0.25) is 0 Å². The summed E-state index contributed by atoms with van der Waals surface area (Å²) in [4.78, 5) is 1.96. The molecule has 21 heavy (non-hydrogen) atoms. The molecule has 2 nitrogen and oxygen atoms in total. The molecule has 1 N–H and O–H groups in total. The van der Waals surface area contributed by atoms with Crippen molar-refractivity contribution in [3.05, 3.63) is 35.4 Å². The average molecular weight is 303 g/mol. The van der Waals surface area contributed by atoms with Crippen molar-refractivity contribution >= 4 is 0 Å². The fourth-order valence-corrected chi connectivity index (χ4v) is 2.94. The highest BCUT2D eigenvalue weighted by Gasteiger charge is 2.37. The number of aliphatic hydroxyl groups excluding tert-OH is 1. The van der Waals surface area contributed by atoms with Gasteiger partial charge in [-0.1, -0.05) is 32.0 Å². The minimum Gasteiger partial charge on any atom is -0.391 e. The van der Waals surface area contributed by atoms with Crippen LogP contribution in [0.2, 0.25) is 0 Å². The van der Waals surface area contributed by atoms with Gasteiger partial charge in [-0.05, 0) is 38.6 Å². The number of alkyl halides is 3. The highest BCUT2D eigenvalue weighted by molar-refractivity contribution is 5.26. The van der Waals surface area contributed by atoms with Gasteiger partial charge in [-0.2, -0.15) is 13.2 Å². The van der Waals surface area contributed by atoms with E-state index in [1.54, 1.807) is 6.07 Å². The third-order valence-corrected chi connectivity index (χ3v) is 4.42. The number of hydrogen-bond acceptors (Lipinski definition) is 2. The van der Waals surface area contributed by atoms with Crippen molar-refractivity contribution in [3.63, 3.8) is 0 Å². The van der Waals surface area contributed by atoms with Crippen LogP contribution >= 0.6 is 0 Å². The van der Waals surface area contributed by atoms with Crippen molar-refractivity contribution in [2.24, 2.45) is 0 Å². The van der Waals surface area contributed by atoms with Crippen LogP contribution in [0.25, 0.3) is 0 Å². The predicted octanol–water partition coefficient (Wildman–Crippen LogP) is 3.73.